The third kappa shape index (κ3) is 14.2. The molecule has 5 N–H and O–H groups in total. The van der Waals surface area contributed by atoms with Crippen molar-refractivity contribution >= 4 is 57.9 Å². The van der Waals surface area contributed by atoms with Crippen LogP contribution in [0.3, 0.4) is 0 Å². The molecule has 3 heterocycles. The molecule has 1 unspecified atom stereocenters. The first-order valence-electron chi connectivity index (χ1n) is 22.0. The molecule has 1 atom stereocenters. The van der Waals surface area contributed by atoms with E-state index >= 15 is 0 Å². The zero-order valence-corrected chi connectivity index (χ0v) is 36.6. The first-order chi connectivity index (χ1) is 30.2. The number of rotatable bonds is 24. The number of carbonyl (C=O) groups excluding carboxylic acids is 5. The standard InChI is InChI=1S/C45H62N8O8S/c1-53(38-15-16-40(55)52-42(38)57)30-36-32(31-54)7-5-9-37(36)50-41(56)17-22-59-24-26-61-27-25-60-23-20-46-33-11-13-34(14-12-33)49-43(58)45(18-3-2-4-19-45)29-35-8-6-10-39(48-35)51-44-47-21-28-62-44/h5-10,21,28,31,33-34,38,46H,2-4,11-20,22-27,29-30H2,1H3,(H,49,58)(H,50,56)(H,47,48,51)(H,52,55,57). The highest BCUT2D eigenvalue weighted by Crippen LogP contribution is 2.40. The number of thiazole rings is 1. The van der Waals surface area contributed by atoms with Crippen molar-refractivity contribution in [1.29, 1.82) is 0 Å². The van der Waals surface area contributed by atoms with Crippen molar-refractivity contribution in [2.75, 3.05) is 63.9 Å². The molecule has 3 aliphatic rings. The molecule has 4 amide bonds. The smallest absolute Gasteiger partial charge is 0.243 e. The maximum absolute atomic E-state index is 13.9. The van der Waals surface area contributed by atoms with E-state index in [1.807, 2.05) is 23.6 Å². The number of benzene rings is 1. The number of hydrogen-bond donors (Lipinski definition) is 5. The second-order valence-electron chi connectivity index (χ2n) is 16.5. The minimum atomic E-state index is -0.516. The van der Waals surface area contributed by atoms with Crippen LogP contribution in [-0.4, -0.2) is 116 Å². The van der Waals surface area contributed by atoms with Crippen LogP contribution in [0.4, 0.5) is 16.6 Å². The predicted octanol–water partition coefficient (Wildman–Crippen LogP) is 4.92. The van der Waals surface area contributed by atoms with E-state index < -0.39 is 11.5 Å². The van der Waals surface area contributed by atoms with Crippen molar-refractivity contribution in [3.8, 4) is 0 Å². The van der Waals surface area contributed by atoms with Gasteiger partial charge < -0.3 is 35.5 Å². The number of nitrogens with zero attached hydrogens (tertiary/aromatic N) is 3. The van der Waals surface area contributed by atoms with Gasteiger partial charge in [0.05, 0.1) is 57.5 Å². The van der Waals surface area contributed by atoms with Gasteiger partial charge in [-0.3, -0.25) is 34.2 Å². The Kier molecular flexibility index (Phi) is 18.3. The summed E-state index contributed by atoms with van der Waals surface area (Å²) in [5.74, 6) is 0.00289. The molecule has 2 saturated carbocycles. The number of carbonyl (C=O) groups is 5. The molecule has 2 aromatic heterocycles. The Bertz CT molecular complexity index is 1920. The number of hydrogen-bond acceptors (Lipinski definition) is 14. The van der Waals surface area contributed by atoms with E-state index in [1.54, 1.807) is 36.3 Å². The number of ether oxygens (including phenoxy) is 3. The van der Waals surface area contributed by atoms with Gasteiger partial charge in [-0.05, 0) is 70.2 Å². The van der Waals surface area contributed by atoms with E-state index in [9.17, 15) is 24.0 Å². The Hall–Kier alpha value is -4.65. The topological polar surface area (TPSA) is 202 Å². The first kappa shape index (κ1) is 46.8. The Morgan fingerprint density at radius 2 is 1.65 bits per heavy atom. The van der Waals surface area contributed by atoms with Crippen molar-refractivity contribution in [3.63, 3.8) is 0 Å². The highest BCUT2D eigenvalue weighted by atomic mass is 32.1. The Morgan fingerprint density at radius 1 is 0.919 bits per heavy atom. The van der Waals surface area contributed by atoms with Crippen molar-refractivity contribution in [3.05, 3.63) is 64.8 Å². The van der Waals surface area contributed by atoms with Crippen molar-refractivity contribution < 1.29 is 38.2 Å². The summed E-state index contributed by atoms with van der Waals surface area (Å²) in [5.41, 5.74) is 2.00. The summed E-state index contributed by atoms with van der Waals surface area (Å²) in [5, 5.41) is 18.3. The SMILES string of the molecule is CN(Cc1c(C=O)cccc1NC(=O)CCOCCOCCOCCNC1CCC(NC(=O)C2(Cc3cccc(Nc4nccs4)n3)CCCCC2)CC1)C1CCC(=O)NC1=O. The monoisotopic (exact) mass is 874 g/mol. The van der Waals surface area contributed by atoms with Crippen LogP contribution in [0, 0.1) is 5.41 Å². The predicted molar refractivity (Wildman–Crippen MR) is 236 cm³/mol. The minimum absolute atomic E-state index is 0.113. The zero-order chi connectivity index (χ0) is 43.6. The lowest BCUT2D eigenvalue weighted by atomic mass is 9.70. The molecule has 2 aliphatic carbocycles. The quantitative estimate of drug-likeness (QED) is 0.0462. The van der Waals surface area contributed by atoms with E-state index in [1.165, 1.54) is 17.8 Å². The number of nitrogens with one attached hydrogen (secondary N) is 5. The molecule has 0 bridgehead atoms. The Balaban J connectivity index is 0.788. The number of anilines is 3. The first-order valence-corrected chi connectivity index (χ1v) is 22.9. The molecule has 1 saturated heterocycles. The summed E-state index contributed by atoms with van der Waals surface area (Å²) in [6, 6.07) is 11.1. The fraction of sp³-hybridized carbons (Fsp3) is 0.578. The van der Waals surface area contributed by atoms with Gasteiger partial charge in [0.15, 0.2) is 5.13 Å². The average molecular weight is 875 g/mol. The van der Waals surface area contributed by atoms with Gasteiger partial charge in [-0.2, -0.15) is 0 Å². The van der Waals surface area contributed by atoms with Crippen LogP contribution >= 0.6 is 11.3 Å². The van der Waals surface area contributed by atoms with Gasteiger partial charge in [0.2, 0.25) is 23.6 Å². The van der Waals surface area contributed by atoms with Crippen molar-refractivity contribution in [2.45, 2.75) is 108 Å². The fourth-order valence-electron chi connectivity index (χ4n) is 8.61. The number of likely N-dealkylation sites (N-methyl/N-ethyl adjacent to an activating group) is 1. The molecule has 6 rings (SSSR count). The third-order valence-corrected chi connectivity index (χ3v) is 12.7. The number of pyridine rings is 1. The van der Waals surface area contributed by atoms with E-state index in [4.69, 9.17) is 19.2 Å². The summed E-state index contributed by atoms with van der Waals surface area (Å²) >= 11 is 1.53. The van der Waals surface area contributed by atoms with Crippen LogP contribution in [0.1, 0.15) is 98.7 Å². The largest absolute Gasteiger partial charge is 0.379 e. The van der Waals surface area contributed by atoms with Gasteiger partial charge in [-0.15, -0.1) is 11.3 Å². The highest BCUT2D eigenvalue weighted by Gasteiger charge is 2.41. The third-order valence-electron chi connectivity index (χ3n) is 12.0. The number of piperidine rings is 1. The zero-order valence-electron chi connectivity index (χ0n) is 35.8. The van der Waals surface area contributed by atoms with Gasteiger partial charge >= 0.3 is 0 Å². The lowest BCUT2D eigenvalue weighted by molar-refractivity contribution is -0.137. The molecule has 0 spiro atoms. The number of aromatic nitrogens is 2. The van der Waals surface area contributed by atoms with Crippen molar-refractivity contribution in [1.82, 2.24) is 30.8 Å². The summed E-state index contributed by atoms with van der Waals surface area (Å²) in [6.07, 6.45) is 12.9. The van der Waals surface area contributed by atoms with Gasteiger partial charge in [0, 0.05) is 72.1 Å². The maximum atomic E-state index is 13.9. The second-order valence-corrected chi connectivity index (χ2v) is 17.4. The van der Waals surface area contributed by atoms with Crippen LogP contribution in [0.15, 0.2) is 48.0 Å². The van der Waals surface area contributed by atoms with E-state index in [-0.39, 0.29) is 55.7 Å². The van der Waals surface area contributed by atoms with Gasteiger partial charge in [-0.1, -0.05) is 37.5 Å². The number of amides is 4. The maximum Gasteiger partial charge on any atom is 0.243 e. The highest BCUT2D eigenvalue weighted by molar-refractivity contribution is 7.13. The average Bonchev–Trinajstić information content (AvgIpc) is 3.78. The molecular weight excluding hydrogens is 813 g/mol. The summed E-state index contributed by atoms with van der Waals surface area (Å²) < 4.78 is 17.0. The number of aldehydes is 1. The Morgan fingerprint density at radius 3 is 2.37 bits per heavy atom. The lowest BCUT2D eigenvalue weighted by Crippen LogP contribution is -2.51. The molecule has 0 radical (unpaired) electrons. The second kappa shape index (κ2) is 24.3. The molecule has 62 heavy (non-hydrogen) atoms. The minimum Gasteiger partial charge on any atom is -0.379 e. The summed E-state index contributed by atoms with van der Waals surface area (Å²) in [6.45, 7) is 3.36. The van der Waals surface area contributed by atoms with Crippen LogP contribution < -0.4 is 26.6 Å². The van der Waals surface area contributed by atoms with Crippen LogP contribution in [0.25, 0.3) is 0 Å². The van der Waals surface area contributed by atoms with E-state index in [0.717, 1.165) is 80.8 Å². The van der Waals surface area contributed by atoms with Crippen molar-refractivity contribution in [2.24, 2.45) is 5.41 Å². The molecule has 3 fully saturated rings. The normalized spacial score (nSPS) is 20.1. The lowest BCUT2D eigenvalue weighted by Gasteiger charge is -2.38. The molecule has 16 nitrogen and oxygen atoms in total. The van der Waals surface area contributed by atoms with Crippen LogP contribution in [0.5, 0.6) is 0 Å². The molecule has 1 aliphatic heterocycles. The molecule has 3 aromatic rings. The fourth-order valence-corrected chi connectivity index (χ4v) is 9.14. The van der Waals surface area contributed by atoms with Gasteiger partial charge in [0.1, 0.15) is 12.1 Å². The molecule has 336 valence electrons. The number of imide groups is 1. The Labute approximate surface area is 368 Å². The van der Waals surface area contributed by atoms with Gasteiger partial charge in [-0.25, -0.2) is 9.97 Å². The molecule has 1 aromatic carbocycles. The van der Waals surface area contributed by atoms with Crippen LogP contribution in [-0.2, 0) is 46.4 Å². The van der Waals surface area contributed by atoms with Crippen LogP contribution in [0.2, 0.25) is 0 Å². The van der Waals surface area contributed by atoms with Gasteiger partial charge in [0.25, 0.3) is 0 Å². The molecule has 17 heteroatoms. The summed E-state index contributed by atoms with van der Waals surface area (Å²) in [4.78, 5) is 73.3. The molecular formula is C45H62N8O8S. The summed E-state index contributed by atoms with van der Waals surface area (Å²) in [7, 11) is 1.75. The van der Waals surface area contributed by atoms with E-state index in [0.29, 0.717) is 68.7 Å². The van der Waals surface area contributed by atoms with E-state index in [2.05, 4.69) is 31.6 Å².